The lowest BCUT2D eigenvalue weighted by atomic mass is 9.84. The van der Waals surface area contributed by atoms with Gasteiger partial charge in [-0.15, -0.1) is 0 Å². The van der Waals surface area contributed by atoms with E-state index in [1.54, 1.807) is 25.1 Å². The van der Waals surface area contributed by atoms with Crippen molar-refractivity contribution in [1.29, 1.82) is 0 Å². The summed E-state index contributed by atoms with van der Waals surface area (Å²) in [6, 6.07) is 4.84. The summed E-state index contributed by atoms with van der Waals surface area (Å²) in [5, 5.41) is -2.55. The molecule has 0 spiro atoms. The van der Waals surface area contributed by atoms with E-state index in [-0.39, 0.29) is 13.0 Å². The number of hydrogen-bond acceptors (Lipinski definition) is 5. The minimum atomic E-state index is -4.17. The monoisotopic (exact) mass is 340 g/mol. The number of benzene rings is 1. The molecule has 2 aliphatic rings. The fourth-order valence-electron chi connectivity index (χ4n) is 3.40. The number of hydrogen-bond donors (Lipinski definition) is 1. The van der Waals surface area contributed by atoms with Gasteiger partial charge in [0, 0.05) is 23.4 Å². The predicted octanol–water partition coefficient (Wildman–Crippen LogP) is 2.60. The molecule has 0 radical (unpaired) electrons. The number of nitrogen functional groups attached to an aromatic ring is 1. The maximum atomic E-state index is 16.1. The van der Waals surface area contributed by atoms with Crippen LogP contribution in [0.15, 0.2) is 23.2 Å². The molecule has 1 aromatic rings. The smallest absolute Gasteiger partial charge is 0.243 e. The maximum absolute atomic E-state index is 16.1. The Morgan fingerprint density at radius 1 is 1.30 bits per heavy atom. The van der Waals surface area contributed by atoms with Crippen molar-refractivity contribution in [3.63, 3.8) is 0 Å². The second kappa shape index (κ2) is 4.47. The Kier molecular flexibility index (Phi) is 3.15. The second-order valence-electron chi connectivity index (χ2n) is 6.87. The van der Waals surface area contributed by atoms with Gasteiger partial charge in [-0.2, -0.15) is 0 Å². The third-order valence-corrected chi connectivity index (χ3v) is 8.39. The lowest BCUT2D eigenvalue weighted by Crippen LogP contribution is -2.63. The first-order valence-corrected chi connectivity index (χ1v) is 8.98. The molecule has 7 heteroatoms. The normalized spacial score (nSPS) is 34.4. The molecule has 2 atom stereocenters. The Balaban J connectivity index is 2.43. The summed E-state index contributed by atoms with van der Waals surface area (Å²) in [7, 11) is -4.17. The first-order valence-electron chi connectivity index (χ1n) is 7.50. The van der Waals surface area contributed by atoms with E-state index in [2.05, 4.69) is 4.99 Å². The number of halogens is 1. The zero-order valence-corrected chi connectivity index (χ0v) is 14.5. The van der Waals surface area contributed by atoms with E-state index in [1.807, 2.05) is 0 Å². The number of alkyl halides is 1. The van der Waals surface area contributed by atoms with Crippen LogP contribution in [0.5, 0.6) is 5.75 Å². The van der Waals surface area contributed by atoms with E-state index in [9.17, 15) is 8.42 Å². The van der Waals surface area contributed by atoms with Crippen molar-refractivity contribution in [1.82, 2.24) is 0 Å². The molecule has 0 aliphatic carbocycles. The van der Waals surface area contributed by atoms with Gasteiger partial charge in [-0.3, -0.25) is 4.99 Å². The molecular formula is C16H21FN2O3S. The third kappa shape index (κ3) is 1.77. The first kappa shape index (κ1) is 16.2. The molecule has 2 N–H and O–H groups in total. The third-order valence-electron chi connectivity index (χ3n) is 5.30. The molecule has 0 bridgehead atoms. The highest BCUT2D eigenvalue weighted by Gasteiger charge is 2.68. The number of anilines is 1. The summed E-state index contributed by atoms with van der Waals surface area (Å²) >= 11 is 0. The van der Waals surface area contributed by atoms with Crippen LogP contribution in [0.3, 0.4) is 0 Å². The molecule has 23 heavy (non-hydrogen) atoms. The van der Waals surface area contributed by atoms with E-state index in [1.165, 1.54) is 20.8 Å². The highest BCUT2D eigenvalue weighted by Crippen LogP contribution is 2.56. The average Bonchev–Trinajstić information content (AvgIpc) is 2.56. The minimum Gasteiger partial charge on any atom is -0.493 e. The number of nitrogens with two attached hydrogens (primary N) is 1. The van der Waals surface area contributed by atoms with Gasteiger partial charge in [0.05, 0.1) is 6.61 Å². The van der Waals surface area contributed by atoms with Crippen LogP contribution in [-0.2, 0) is 15.4 Å². The largest absolute Gasteiger partial charge is 0.493 e. The van der Waals surface area contributed by atoms with Crippen LogP contribution < -0.4 is 10.5 Å². The first-order chi connectivity index (χ1) is 10.5. The van der Waals surface area contributed by atoms with E-state index in [4.69, 9.17) is 10.5 Å². The summed E-state index contributed by atoms with van der Waals surface area (Å²) in [5.74, 6) is 0.424. The molecule has 0 fully saturated rings. The molecule has 0 unspecified atom stereocenters. The summed E-state index contributed by atoms with van der Waals surface area (Å²) in [5.41, 5.74) is 5.41. The number of sulfone groups is 1. The van der Waals surface area contributed by atoms with Crippen molar-refractivity contribution in [2.24, 2.45) is 4.99 Å². The maximum Gasteiger partial charge on any atom is 0.243 e. The Morgan fingerprint density at radius 3 is 2.61 bits per heavy atom. The van der Waals surface area contributed by atoms with Crippen molar-refractivity contribution in [2.75, 3.05) is 12.3 Å². The highest BCUT2D eigenvalue weighted by molar-refractivity contribution is 7.94. The number of nitrogens with zero attached hydrogens (tertiary/aromatic N) is 1. The fourth-order valence-corrected chi connectivity index (χ4v) is 5.67. The van der Waals surface area contributed by atoms with Crippen molar-refractivity contribution >= 4 is 21.2 Å². The summed E-state index contributed by atoms with van der Waals surface area (Å²) in [4.78, 5) is 4.53. The molecular weight excluding hydrogens is 319 g/mol. The van der Waals surface area contributed by atoms with Crippen LogP contribution in [0, 0.1) is 0 Å². The van der Waals surface area contributed by atoms with Gasteiger partial charge in [0.15, 0.2) is 9.84 Å². The molecule has 0 amide bonds. The van der Waals surface area contributed by atoms with Gasteiger partial charge in [0.2, 0.25) is 5.00 Å². The van der Waals surface area contributed by atoms with Crippen molar-refractivity contribution in [3.8, 4) is 5.75 Å². The standard InChI is InChI=1S/C16H21FN2O3S/c1-10-14(2,3)23(20,21)16(17)7-8-22-13-6-5-11(18)9-12(13)15(16,4)19-10/h5-6,9H,7-8,18H2,1-4H3/t15-,16-/m1/s1. The van der Waals surface area contributed by atoms with E-state index in [0.717, 1.165) is 0 Å². The van der Waals surface area contributed by atoms with Crippen molar-refractivity contribution in [3.05, 3.63) is 23.8 Å². The van der Waals surface area contributed by atoms with E-state index in [0.29, 0.717) is 22.7 Å². The molecule has 126 valence electrons. The molecule has 2 heterocycles. The molecule has 0 saturated carbocycles. The van der Waals surface area contributed by atoms with Crippen LogP contribution in [0.2, 0.25) is 0 Å². The van der Waals surface area contributed by atoms with Crippen LogP contribution >= 0.6 is 0 Å². The molecule has 1 aromatic carbocycles. The van der Waals surface area contributed by atoms with E-state index < -0.39 is 25.1 Å². The fraction of sp³-hybridized carbons (Fsp3) is 0.562. The van der Waals surface area contributed by atoms with Gasteiger partial charge >= 0.3 is 0 Å². The van der Waals surface area contributed by atoms with Crippen LogP contribution in [-0.4, -0.2) is 30.5 Å². The Labute approximate surface area is 135 Å². The quantitative estimate of drug-likeness (QED) is 0.736. The van der Waals surface area contributed by atoms with Crippen LogP contribution in [0.4, 0.5) is 10.1 Å². The van der Waals surface area contributed by atoms with Gasteiger partial charge in [-0.05, 0) is 45.9 Å². The van der Waals surface area contributed by atoms with Gasteiger partial charge in [0.1, 0.15) is 16.0 Å². The van der Waals surface area contributed by atoms with Gasteiger partial charge < -0.3 is 10.5 Å². The van der Waals surface area contributed by atoms with Gasteiger partial charge in [-0.1, -0.05) is 0 Å². The zero-order valence-electron chi connectivity index (χ0n) is 13.7. The zero-order chi connectivity index (χ0) is 17.3. The number of fused-ring (bicyclic) bond motifs is 3. The number of ether oxygens (including phenoxy) is 1. The Morgan fingerprint density at radius 2 is 1.96 bits per heavy atom. The predicted molar refractivity (Wildman–Crippen MR) is 88.3 cm³/mol. The molecule has 0 aromatic heterocycles. The highest BCUT2D eigenvalue weighted by atomic mass is 32.2. The van der Waals surface area contributed by atoms with Crippen molar-refractivity contribution in [2.45, 2.75) is 49.4 Å². The lowest BCUT2D eigenvalue weighted by molar-refractivity contribution is 0.129. The second-order valence-corrected chi connectivity index (χ2v) is 9.54. The number of rotatable bonds is 0. The average molecular weight is 340 g/mol. The van der Waals surface area contributed by atoms with Crippen LogP contribution in [0.1, 0.15) is 39.7 Å². The van der Waals surface area contributed by atoms with Crippen molar-refractivity contribution < 1.29 is 17.5 Å². The SMILES string of the molecule is CC1=N[C@]2(C)c3cc(N)ccc3OCC[C@@]2(F)S(=O)(=O)C1(C)C. The summed E-state index contributed by atoms with van der Waals surface area (Å²) < 4.78 is 46.5. The van der Waals surface area contributed by atoms with Crippen LogP contribution in [0.25, 0.3) is 0 Å². The lowest BCUT2D eigenvalue weighted by Gasteiger charge is -2.47. The van der Waals surface area contributed by atoms with E-state index >= 15 is 4.39 Å². The van der Waals surface area contributed by atoms with Gasteiger partial charge in [-0.25, -0.2) is 12.8 Å². The molecule has 5 nitrogen and oxygen atoms in total. The number of aliphatic imine (C=N–C) groups is 1. The van der Waals surface area contributed by atoms with Gasteiger partial charge in [0.25, 0.3) is 0 Å². The Hall–Kier alpha value is -1.63. The minimum absolute atomic E-state index is 0.0348. The summed E-state index contributed by atoms with van der Waals surface area (Å²) in [6.45, 7) is 6.09. The Bertz CT molecular complexity index is 819. The summed E-state index contributed by atoms with van der Waals surface area (Å²) in [6.07, 6.45) is -0.277. The molecule has 3 rings (SSSR count). The molecule has 2 aliphatic heterocycles. The topological polar surface area (TPSA) is 81.8 Å². The molecule has 0 saturated heterocycles.